The number of amides is 2. The summed E-state index contributed by atoms with van der Waals surface area (Å²) in [6.45, 7) is 10.4. The van der Waals surface area contributed by atoms with Crippen molar-refractivity contribution in [2.45, 2.75) is 53.1 Å². The highest BCUT2D eigenvalue weighted by Crippen LogP contribution is 2.24. The Kier molecular flexibility index (Phi) is 3.61. The van der Waals surface area contributed by atoms with Crippen LogP contribution in [-0.4, -0.2) is 35.3 Å². The number of nitrogens with one attached hydrogen (secondary N) is 1. The summed E-state index contributed by atoms with van der Waals surface area (Å²) in [6.07, 6.45) is 0.395. The van der Waals surface area contributed by atoms with Crippen LogP contribution in [0.4, 0.5) is 0 Å². The predicted molar refractivity (Wildman–Crippen MR) is 62.9 cm³/mol. The highest BCUT2D eigenvalue weighted by molar-refractivity contribution is 5.91. The van der Waals surface area contributed by atoms with E-state index in [0.29, 0.717) is 13.0 Å². The summed E-state index contributed by atoms with van der Waals surface area (Å²) in [5, 5.41) is 2.83. The molecule has 16 heavy (non-hydrogen) atoms. The molecule has 0 aromatic rings. The van der Waals surface area contributed by atoms with Gasteiger partial charge in [-0.1, -0.05) is 20.8 Å². The first kappa shape index (κ1) is 13.0. The summed E-state index contributed by atoms with van der Waals surface area (Å²) in [4.78, 5) is 25.7. The van der Waals surface area contributed by atoms with E-state index in [1.807, 2.05) is 34.6 Å². The average molecular weight is 226 g/mol. The molecule has 1 fully saturated rings. The first-order valence-electron chi connectivity index (χ1n) is 5.87. The fraction of sp³-hybridized carbons (Fsp3) is 0.833. The number of carbonyl (C=O) groups excluding carboxylic acids is 2. The Bertz CT molecular complexity index is 294. The van der Waals surface area contributed by atoms with Crippen LogP contribution in [0.1, 0.15) is 41.0 Å². The van der Waals surface area contributed by atoms with Crippen molar-refractivity contribution in [3.63, 3.8) is 0 Å². The molecule has 4 nitrogen and oxygen atoms in total. The standard InChI is InChI=1S/C12H22N2O2/c1-6-14-8(2)7-9(15)13-10(11(14)16)12(3,4)5/h8,10H,6-7H2,1-5H3,(H,13,15). The van der Waals surface area contributed by atoms with Crippen molar-refractivity contribution < 1.29 is 9.59 Å². The zero-order valence-corrected chi connectivity index (χ0v) is 10.8. The molecule has 1 heterocycles. The molecule has 0 saturated carbocycles. The molecule has 0 aromatic heterocycles. The van der Waals surface area contributed by atoms with Gasteiger partial charge in [-0.25, -0.2) is 0 Å². The molecule has 0 aliphatic carbocycles. The number of likely N-dealkylation sites (N-methyl/N-ethyl adjacent to an activating group) is 1. The van der Waals surface area contributed by atoms with Crippen molar-refractivity contribution in [2.24, 2.45) is 5.41 Å². The van der Waals surface area contributed by atoms with Gasteiger partial charge < -0.3 is 10.2 Å². The van der Waals surface area contributed by atoms with Crippen molar-refractivity contribution in [1.82, 2.24) is 10.2 Å². The molecule has 2 unspecified atom stereocenters. The van der Waals surface area contributed by atoms with E-state index in [1.165, 1.54) is 0 Å². The number of rotatable bonds is 1. The fourth-order valence-corrected chi connectivity index (χ4v) is 2.10. The zero-order valence-electron chi connectivity index (χ0n) is 10.8. The van der Waals surface area contributed by atoms with Crippen molar-refractivity contribution in [1.29, 1.82) is 0 Å². The molecule has 1 saturated heterocycles. The maximum Gasteiger partial charge on any atom is 0.245 e. The van der Waals surface area contributed by atoms with Gasteiger partial charge in [0.15, 0.2) is 0 Å². The Hall–Kier alpha value is -1.06. The molecule has 1 aliphatic heterocycles. The van der Waals surface area contributed by atoms with Crippen LogP contribution in [0.25, 0.3) is 0 Å². The average Bonchev–Trinajstić information content (AvgIpc) is 2.22. The summed E-state index contributed by atoms with van der Waals surface area (Å²) >= 11 is 0. The Morgan fingerprint density at radius 2 is 1.94 bits per heavy atom. The van der Waals surface area contributed by atoms with Crippen LogP contribution in [0.5, 0.6) is 0 Å². The Morgan fingerprint density at radius 1 is 1.38 bits per heavy atom. The van der Waals surface area contributed by atoms with Crippen LogP contribution in [-0.2, 0) is 9.59 Å². The van der Waals surface area contributed by atoms with E-state index >= 15 is 0 Å². The summed E-state index contributed by atoms with van der Waals surface area (Å²) in [7, 11) is 0. The SMILES string of the molecule is CCN1C(=O)C(C(C)(C)C)NC(=O)CC1C. The molecule has 4 heteroatoms. The highest BCUT2D eigenvalue weighted by Gasteiger charge is 2.39. The topological polar surface area (TPSA) is 49.4 Å². The van der Waals surface area contributed by atoms with Crippen LogP contribution < -0.4 is 5.32 Å². The second-order valence-corrected chi connectivity index (χ2v) is 5.54. The summed E-state index contributed by atoms with van der Waals surface area (Å²) in [5.74, 6) is 0.00470. The van der Waals surface area contributed by atoms with Crippen LogP contribution in [0, 0.1) is 5.41 Å². The van der Waals surface area contributed by atoms with Crippen LogP contribution >= 0.6 is 0 Å². The van der Waals surface area contributed by atoms with Gasteiger partial charge in [-0.2, -0.15) is 0 Å². The van der Waals surface area contributed by atoms with Gasteiger partial charge >= 0.3 is 0 Å². The Balaban J connectivity index is 3.02. The smallest absolute Gasteiger partial charge is 0.245 e. The van der Waals surface area contributed by atoms with Gasteiger partial charge in [0, 0.05) is 19.0 Å². The molecule has 2 amide bonds. The van der Waals surface area contributed by atoms with Gasteiger partial charge in [0.2, 0.25) is 11.8 Å². The van der Waals surface area contributed by atoms with Crippen LogP contribution in [0.3, 0.4) is 0 Å². The van der Waals surface area contributed by atoms with E-state index in [9.17, 15) is 9.59 Å². The normalized spacial score (nSPS) is 27.7. The number of carbonyl (C=O) groups is 2. The molecule has 2 atom stereocenters. The molecule has 1 N–H and O–H groups in total. The molecule has 0 radical (unpaired) electrons. The molecule has 0 spiro atoms. The van der Waals surface area contributed by atoms with Gasteiger partial charge in [0.25, 0.3) is 0 Å². The minimum Gasteiger partial charge on any atom is -0.344 e. The third-order valence-electron chi connectivity index (χ3n) is 3.05. The number of hydrogen-bond donors (Lipinski definition) is 1. The Labute approximate surface area is 97.4 Å². The van der Waals surface area contributed by atoms with Crippen LogP contribution in [0.2, 0.25) is 0 Å². The third-order valence-corrected chi connectivity index (χ3v) is 3.05. The minimum atomic E-state index is -0.412. The first-order chi connectivity index (χ1) is 7.27. The maximum absolute atomic E-state index is 12.3. The zero-order chi connectivity index (χ0) is 12.5. The molecule has 92 valence electrons. The lowest BCUT2D eigenvalue weighted by Crippen LogP contribution is -2.52. The van der Waals surface area contributed by atoms with Crippen molar-refractivity contribution in [3.8, 4) is 0 Å². The molecule has 1 aliphatic rings. The quantitative estimate of drug-likeness (QED) is 0.729. The molecule has 0 bridgehead atoms. The van der Waals surface area contributed by atoms with Gasteiger partial charge in [0.1, 0.15) is 6.04 Å². The first-order valence-corrected chi connectivity index (χ1v) is 5.87. The molecule has 1 rings (SSSR count). The second-order valence-electron chi connectivity index (χ2n) is 5.54. The number of hydrogen-bond acceptors (Lipinski definition) is 2. The summed E-state index contributed by atoms with van der Waals surface area (Å²) < 4.78 is 0. The number of nitrogens with zero attached hydrogens (tertiary/aromatic N) is 1. The minimum absolute atomic E-state index is 0.00940. The van der Waals surface area contributed by atoms with E-state index in [2.05, 4.69) is 5.32 Å². The third kappa shape index (κ3) is 2.54. The summed E-state index contributed by atoms with van der Waals surface area (Å²) in [6, 6.07) is -0.422. The van der Waals surface area contributed by atoms with Crippen molar-refractivity contribution >= 4 is 11.8 Å². The van der Waals surface area contributed by atoms with Gasteiger partial charge in [-0.3, -0.25) is 9.59 Å². The van der Waals surface area contributed by atoms with Crippen molar-refractivity contribution in [3.05, 3.63) is 0 Å². The summed E-state index contributed by atoms with van der Waals surface area (Å²) in [5.41, 5.74) is -0.246. The van der Waals surface area contributed by atoms with Gasteiger partial charge in [0.05, 0.1) is 0 Å². The molecular weight excluding hydrogens is 204 g/mol. The lowest BCUT2D eigenvalue weighted by atomic mass is 9.86. The van der Waals surface area contributed by atoms with E-state index in [1.54, 1.807) is 4.90 Å². The fourth-order valence-electron chi connectivity index (χ4n) is 2.10. The van der Waals surface area contributed by atoms with Gasteiger partial charge in [-0.15, -0.1) is 0 Å². The highest BCUT2D eigenvalue weighted by atomic mass is 16.2. The molecule has 0 aromatic carbocycles. The van der Waals surface area contributed by atoms with E-state index in [4.69, 9.17) is 0 Å². The van der Waals surface area contributed by atoms with Crippen LogP contribution in [0.15, 0.2) is 0 Å². The predicted octanol–water partition coefficient (Wildman–Crippen LogP) is 1.16. The van der Waals surface area contributed by atoms with E-state index < -0.39 is 6.04 Å². The second kappa shape index (κ2) is 4.44. The van der Waals surface area contributed by atoms with E-state index in [-0.39, 0.29) is 23.3 Å². The largest absolute Gasteiger partial charge is 0.344 e. The van der Waals surface area contributed by atoms with Crippen molar-refractivity contribution in [2.75, 3.05) is 6.54 Å². The molecular formula is C12H22N2O2. The lowest BCUT2D eigenvalue weighted by Gasteiger charge is -2.33. The maximum atomic E-state index is 12.3. The Morgan fingerprint density at radius 3 is 2.38 bits per heavy atom. The van der Waals surface area contributed by atoms with E-state index in [0.717, 1.165) is 0 Å². The monoisotopic (exact) mass is 226 g/mol. The van der Waals surface area contributed by atoms with Gasteiger partial charge in [-0.05, 0) is 19.3 Å². The lowest BCUT2D eigenvalue weighted by molar-refractivity contribution is -0.137.